The Morgan fingerprint density at radius 1 is 1.28 bits per heavy atom. The molecule has 0 radical (unpaired) electrons. The number of benzene rings is 1. The third-order valence-electron chi connectivity index (χ3n) is 2.83. The van der Waals surface area contributed by atoms with E-state index in [0.29, 0.717) is 5.69 Å². The lowest BCUT2D eigenvalue weighted by molar-refractivity contribution is -0.131. The Labute approximate surface area is 104 Å². The van der Waals surface area contributed by atoms with Gasteiger partial charge in [-0.2, -0.15) is 0 Å². The van der Waals surface area contributed by atoms with E-state index in [1.165, 1.54) is 6.08 Å². The van der Waals surface area contributed by atoms with E-state index in [1.54, 1.807) is 24.3 Å². The highest BCUT2D eigenvalue weighted by molar-refractivity contribution is 6.00. The molecule has 0 aliphatic heterocycles. The molecule has 1 aromatic rings. The summed E-state index contributed by atoms with van der Waals surface area (Å²) in [6.45, 7) is 0. The summed E-state index contributed by atoms with van der Waals surface area (Å²) < 4.78 is 0. The monoisotopic (exact) mass is 246 g/mol. The number of carboxylic acids is 1. The van der Waals surface area contributed by atoms with Crippen LogP contribution < -0.4 is 11.1 Å². The molecule has 1 saturated carbocycles. The quantitative estimate of drug-likeness (QED) is 0.696. The van der Waals surface area contributed by atoms with Gasteiger partial charge >= 0.3 is 5.97 Å². The lowest BCUT2D eigenvalue weighted by Gasteiger charge is -2.09. The molecule has 5 nitrogen and oxygen atoms in total. The van der Waals surface area contributed by atoms with Crippen molar-refractivity contribution < 1.29 is 14.7 Å². The van der Waals surface area contributed by atoms with Crippen LogP contribution in [0, 0.1) is 0 Å². The number of aliphatic carboxylic acids is 1. The summed E-state index contributed by atoms with van der Waals surface area (Å²) >= 11 is 0. The molecular weight excluding hydrogens is 232 g/mol. The summed E-state index contributed by atoms with van der Waals surface area (Å²) in [6.07, 6.45) is 3.99. The van der Waals surface area contributed by atoms with Gasteiger partial charge < -0.3 is 16.2 Å². The number of hydrogen-bond donors (Lipinski definition) is 3. The number of rotatable bonds is 4. The molecule has 0 saturated heterocycles. The fourth-order valence-corrected chi connectivity index (χ4v) is 1.46. The van der Waals surface area contributed by atoms with Crippen molar-refractivity contribution in [3.63, 3.8) is 0 Å². The molecule has 18 heavy (non-hydrogen) atoms. The van der Waals surface area contributed by atoms with Crippen LogP contribution in [0.5, 0.6) is 0 Å². The first-order valence-electron chi connectivity index (χ1n) is 5.61. The molecule has 0 atom stereocenters. The smallest absolute Gasteiger partial charge is 0.328 e. The van der Waals surface area contributed by atoms with Crippen LogP contribution in [-0.4, -0.2) is 22.5 Å². The largest absolute Gasteiger partial charge is 0.478 e. The number of amides is 1. The van der Waals surface area contributed by atoms with Gasteiger partial charge in [0.15, 0.2) is 0 Å². The Hall–Kier alpha value is -2.14. The molecule has 0 heterocycles. The molecule has 1 aliphatic carbocycles. The Kier molecular flexibility index (Phi) is 3.16. The fraction of sp³-hybridized carbons (Fsp3) is 0.231. The van der Waals surface area contributed by atoms with Crippen LogP contribution in [-0.2, 0) is 9.59 Å². The number of nitrogens with two attached hydrogens (primary N) is 1. The highest BCUT2D eigenvalue weighted by atomic mass is 16.4. The van der Waals surface area contributed by atoms with E-state index in [-0.39, 0.29) is 5.91 Å². The lowest BCUT2D eigenvalue weighted by Crippen LogP contribution is -2.37. The SMILES string of the molecule is NC1(C(=O)Nc2ccc(/C=C/C(=O)O)cc2)CC1. The van der Waals surface area contributed by atoms with Crippen LogP contribution in [0.1, 0.15) is 18.4 Å². The molecule has 1 aliphatic rings. The van der Waals surface area contributed by atoms with Crippen LogP contribution in [0.3, 0.4) is 0 Å². The van der Waals surface area contributed by atoms with Crippen molar-refractivity contribution in [1.29, 1.82) is 0 Å². The Morgan fingerprint density at radius 3 is 2.39 bits per heavy atom. The topological polar surface area (TPSA) is 92.4 Å². The normalized spacial score (nSPS) is 16.5. The minimum absolute atomic E-state index is 0.170. The van der Waals surface area contributed by atoms with Crippen LogP contribution in [0.25, 0.3) is 6.08 Å². The predicted molar refractivity (Wildman–Crippen MR) is 67.9 cm³/mol. The number of carbonyl (C=O) groups is 2. The highest BCUT2D eigenvalue weighted by Gasteiger charge is 2.45. The maximum absolute atomic E-state index is 11.7. The van der Waals surface area contributed by atoms with E-state index in [9.17, 15) is 9.59 Å². The van der Waals surface area contributed by atoms with Gasteiger partial charge in [0.05, 0.1) is 5.54 Å². The van der Waals surface area contributed by atoms with E-state index in [4.69, 9.17) is 10.8 Å². The molecular formula is C13H14N2O3. The summed E-state index contributed by atoms with van der Waals surface area (Å²) in [5.74, 6) is -1.16. The van der Waals surface area contributed by atoms with Crippen molar-refractivity contribution in [2.75, 3.05) is 5.32 Å². The van der Waals surface area contributed by atoms with Gasteiger partial charge in [0.2, 0.25) is 5.91 Å². The third-order valence-corrected chi connectivity index (χ3v) is 2.83. The van der Waals surface area contributed by atoms with Crippen molar-refractivity contribution in [3.8, 4) is 0 Å². The van der Waals surface area contributed by atoms with Gasteiger partial charge in [-0.3, -0.25) is 4.79 Å². The van der Waals surface area contributed by atoms with Crippen molar-refractivity contribution in [1.82, 2.24) is 0 Å². The maximum Gasteiger partial charge on any atom is 0.328 e. The lowest BCUT2D eigenvalue weighted by atomic mass is 10.2. The summed E-state index contributed by atoms with van der Waals surface area (Å²) in [5, 5.41) is 11.2. The minimum atomic E-state index is -0.994. The van der Waals surface area contributed by atoms with Gasteiger partial charge in [0.25, 0.3) is 0 Å². The number of carbonyl (C=O) groups excluding carboxylic acids is 1. The zero-order valence-electron chi connectivity index (χ0n) is 9.72. The van der Waals surface area contributed by atoms with Crippen molar-refractivity contribution in [2.45, 2.75) is 18.4 Å². The van der Waals surface area contributed by atoms with Crippen LogP contribution >= 0.6 is 0 Å². The molecule has 0 bridgehead atoms. The van der Waals surface area contributed by atoms with Gasteiger partial charge in [0.1, 0.15) is 0 Å². The van der Waals surface area contributed by atoms with E-state index in [2.05, 4.69) is 5.32 Å². The van der Waals surface area contributed by atoms with Gasteiger partial charge in [-0.05, 0) is 36.6 Å². The zero-order valence-corrected chi connectivity index (χ0v) is 9.72. The first-order valence-corrected chi connectivity index (χ1v) is 5.61. The van der Waals surface area contributed by atoms with Crippen molar-refractivity contribution in [2.24, 2.45) is 5.73 Å². The first-order chi connectivity index (χ1) is 8.49. The van der Waals surface area contributed by atoms with Crippen molar-refractivity contribution >= 4 is 23.6 Å². The summed E-state index contributed by atoms with van der Waals surface area (Å²) in [6, 6.07) is 6.88. The number of anilines is 1. The molecule has 5 heteroatoms. The molecule has 2 rings (SSSR count). The second-order valence-corrected chi connectivity index (χ2v) is 4.40. The Balaban J connectivity index is 1.99. The van der Waals surface area contributed by atoms with Gasteiger partial charge in [-0.25, -0.2) is 4.79 Å². The molecule has 0 unspecified atom stereocenters. The molecule has 94 valence electrons. The van der Waals surface area contributed by atoms with E-state index in [1.807, 2.05) is 0 Å². The summed E-state index contributed by atoms with van der Waals surface area (Å²) in [4.78, 5) is 22.0. The number of nitrogens with one attached hydrogen (secondary N) is 1. The average Bonchev–Trinajstić information content (AvgIpc) is 3.08. The molecule has 4 N–H and O–H groups in total. The zero-order chi connectivity index (χ0) is 13.2. The minimum Gasteiger partial charge on any atom is -0.478 e. The fourth-order valence-electron chi connectivity index (χ4n) is 1.46. The number of hydrogen-bond acceptors (Lipinski definition) is 3. The van der Waals surface area contributed by atoms with Gasteiger partial charge in [-0.1, -0.05) is 12.1 Å². The van der Waals surface area contributed by atoms with Crippen LogP contribution in [0.4, 0.5) is 5.69 Å². The van der Waals surface area contributed by atoms with Crippen LogP contribution in [0.15, 0.2) is 30.3 Å². The third kappa shape index (κ3) is 2.95. The molecule has 1 amide bonds. The van der Waals surface area contributed by atoms with Gasteiger partial charge in [0, 0.05) is 11.8 Å². The Bertz CT molecular complexity index is 501. The highest BCUT2D eigenvalue weighted by Crippen LogP contribution is 2.33. The summed E-state index contributed by atoms with van der Waals surface area (Å²) in [7, 11) is 0. The standard InChI is InChI=1S/C13H14N2O3/c14-13(7-8-13)12(18)15-10-4-1-9(2-5-10)3-6-11(16)17/h1-6H,7-8,14H2,(H,15,18)(H,16,17)/b6-3+. The van der Waals surface area contributed by atoms with E-state index < -0.39 is 11.5 Å². The first kappa shape index (κ1) is 12.3. The second kappa shape index (κ2) is 4.62. The van der Waals surface area contributed by atoms with E-state index >= 15 is 0 Å². The predicted octanol–water partition coefficient (Wildman–Crippen LogP) is 1.21. The average molecular weight is 246 g/mol. The molecule has 0 spiro atoms. The summed E-state index contributed by atoms with van der Waals surface area (Å²) in [5.41, 5.74) is 6.48. The Morgan fingerprint density at radius 2 is 1.89 bits per heavy atom. The molecule has 0 aromatic heterocycles. The van der Waals surface area contributed by atoms with E-state index in [0.717, 1.165) is 24.5 Å². The van der Waals surface area contributed by atoms with Gasteiger partial charge in [-0.15, -0.1) is 0 Å². The second-order valence-electron chi connectivity index (χ2n) is 4.40. The molecule has 1 aromatic carbocycles. The molecule has 1 fully saturated rings. The van der Waals surface area contributed by atoms with Crippen molar-refractivity contribution in [3.05, 3.63) is 35.9 Å². The van der Waals surface area contributed by atoms with Crippen LogP contribution in [0.2, 0.25) is 0 Å². The number of carboxylic acid groups (broad SMARTS) is 1. The maximum atomic E-state index is 11.7.